The van der Waals surface area contributed by atoms with Crippen molar-refractivity contribution in [1.82, 2.24) is 9.88 Å². The number of carbonyl (C=O) groups excluding carboxylic acids is 2. The van der Waals surface area contributed by atoms with Crippen molar-refractivity contribution in [3.63, 3.8) is 0 Å². The van der Waals surface area contributed by atoms with Gasteiger partial charge < -0.3 is 9.80 Å². The number of nitrogens with zero attached hydrogens (tertiary/aromatic N) is 3. The molecule has 2 aromatic rings. The van der Waals surface area contributed by atoms with E-state index in [4.69, 9.17) is 0 Å². The zero-order chi connectivity index (χ0) is 18.5. The largest absolute Gasteiger partial charge is 0.353 e. The molecule has 0 radical (unpaired) electrons. The Morgan fingerprint density at radius 1 is 1.00 bits per heavy atom. The maximum Gasteiger partial charge on any atom is 0.223 e. The highest BCUT2D eigenvalue weighted by Gasteiger charge is 2.22. The van der Waals surface area contributed by atoms with Gasteiger partial charge in [-0.1, -0.05) is 23.8 Å². The fourth-order valence-electron chi connectivity index (χ4n) is 3.28. The van der Waals surface area contributed by atoms with Gasteiger partial charge >= 0.3 is 0 Å². The van der Waals surface area contributed by atoms with Crippen LogP contribution in [0.4, 0.5) is 5.82 Å². The highest BCUT2D eigenvalue weighted by molar-refractivity contribution is 5.99. The first-order valence-electron chi connectivity index (χ1n) is 9.09. The van der Waals surface area contributed by atoms with Crippen LogP contribution in [0.15, 0.2) is 42.6 Å². The smallest absolute Gasteiger partial charge is 0.223 e. The van der Waals surface area contributed by atoms with E-state index in [-0.39, 0.29) is 24.5 Å². The summed E-state index contributed by atoms with van der Waals surface area (Å²) >= 11 is 0. The van der Waals surface area contributed by atoms with Crippen molar-refractivity contribution in [2.45, 2.75) is 26.7 Å². The molecule has 1 aromatic heterocycles. The molecule has 2 heterocycles. The molecular formula is C21H25N3O2. The van der Waals surface area contributed by atoms with Crippen LogP contribution in [0.2, 0.25) is 0 Å². The molecule has 5 nitrogen and oxygen atoms in total. The quantitative estimate of drug-likeness (QED) is 0.777. The van der Waals surface area contributed by atoms with Crippen LogP contribution in [0.5, 0.6) is 0 Å². The Balaban J connectivity index is 1.50. The number of aryl methyl sites for hydroxylation is 2. The number of carbonyl (C=O) groups is 2. The molecule has 3 rings (SSSR count). The summed E-state index contributed by atoms with van der Waals surface area (Å²) in [6.45, 7) is 6.80. The number of aromatic nitrogens is 1. The maximum absolute atomic E-state index is 12.5. The lowest BCUT2D eigenvalue weighted by Crippen LogP contribution is -2.49. The van der Waals surface area contributed by atoms with Gasteiger partial charge in [0.2, 0.25) is 5.91 Å². The lowest BCUT2D eigenvalue weighted by Gasteiger charge is -2.35. The molecule has 5 heteroatoms. The number of ketones is 1. The molecule has 1 fully saturated rings. The molecule has 0 unspecified atom stereocenters. The van der Waals surface area contributed by atoms with E-state index >= 15 is 0 Å². The van der Waals surface area contributed by atoms with Crippen molar-refractivity contribution in [2.75, 3.05) is 31.1 Å². The zero-order valence-electron chi connectivity index (χ0n) is 15.4. The van der Waals surface area contributed by atoms with Gasteiger partial charge in [0.05, 0.1) is 0 Å². The van der Waals surface area contributed by atoms with Gasteiger partial charge in [0, 0.05) is 50.8 Å². The molecule has 0 atom stereocenters. The zero-order valence-corrected chi connectivity index (χ0v) is 15.4. The van der Waals surface area contributed by atoms with E-state index in [9.17, 15) is 9.59 Å². The van der Waals surface area contributed by atoms with Crippen LogP contribution in [0.1, 0.15) is 34.3 Å². The van der Waals surface area contributed by atoms with Crippen molar-refractivity contribution < 1.29 is 9.59 Å². The van der Waals surface area contributed by atoms with Crippen molar-refractivity contribution in [3.05, 3.63) is 59.3 Å². The Kier molecular flexibility index (Phi) is 5.66. The van der Waals surface area contributed by atoms with Crippen LogP contribution in [0.3, 0.4) is 0 Å². The average Bonchev–Trinajstić information content (AvgIpc) is 2.68. The van der Waals surface area contributed by atoms with Crippen molar-refractivity contribution >= 4 is 17.5 Å². The van der Waals surface area contributed by atoms with E-state index in [2.05, 4.69) is 9.88 Å². The van der Waals surface area contributed by atoms with Crippen LogP contribution in [-0.4, -0.2) is 47.8 Å². The van der Waals surface area contributed by atoms with Gasteiger partial charge in [-0.05, 0) is 37.6 Å². The first-order valence-corrected chi connectivity index (χ1v) is 9.09. The van der Waals surface area contributed by atoms with Gasteiger partial charge in [0.25, 0.3) is 0 Å². The SMILES string of the molecule is Cc1ccc(C)c(C(=O)CCC(=O)N2CCN(c3ccccn3)CC2)c1. The van der Waals surface area contributed by atoms with Crippen molar-refractivity contribution in [2.24, 2.45) is 0 Å². The second kappa shape index (κ2) is 8.13. The third kappa shape index (κ3) is 4.28. The Morgan fingerprint density at radius 2 is 1.77 bits per heavy atom. The average molecular weight is 351 g/mol. The van der Waals surface area contributed by atoms with Gasteiger partial charge in [0.1, 0.15) is 5.82 Å². The minimum Gasteiger partial charge on any atom is -0.353 e. The predicted octanol–water partition coefficient (Wildman–Crippen LogP) is 3.01. The third-order valence-corrected chi connectivity index (χ3v) is 4.87. The Hall–Kier alpha value is -2.69. The summed E-state index contributed by atoms with van der Waals surface area (Å²) in [6, 6.07) is 11.7. The summed E-state index contributed by atoms with van der Waals surface area (Å²) in [5.41, 5.74) is 2.77. The number of benzene rings is 1. The van der Waals surface area contributed by atoms with E-state index < -0.39 is 0 Å². The Morgan fingerprint density at radius 3 is 2.46 bits per heavy atom. The molecule has 0 saturated carbocycles. The molecule has 0 N–H and O–H groups in total. The number of pyridine rings is 1. The van der Waals surface area contributed by atoms with E-state index in [0.717, 1.165) is 35.6 Å². The molecule has 1 amide bonds. The molecule has 0 bridgehead atoms. The first-order chi connectivity index (χ1) is 12.5. The molecule has 0 aliphatic carbocycles. The van der Waals surface area contributed by atoms with Crippen LogP contribution < -0.4 is 4.90 Å². The van der Waals surface area contributed by atoms with E-state index in [1.807, 2.05) is 55.1 Å². The Bertz CT molecular complexity index is 781. The molecule has 0 spiro atoms. The first kappa shape index (κ1) is 18.1. The van der Waals surface area contributed by atoms with Gasteiger partial charge in [-0.15, -0.1) is 0 Å². The standard InChI is InChI=1S/C21H25N3O2/c1-16-6-7-17(2)18(15-16)19(25)8-9-21(26)24-13-11-23(12-14-24)20-5-3-4-10-22-20/h3-7,10,15H,8-9,11-14H2,1-2H3. The number of rotatable bonds is 5. The summed E-state index contributed by atoms with van der Waals surface area (Å²) in [5.74, 6) is 1.06. The predicted molar refractivity (Wildman–Crippen MR) is 103 cm³/mol. The summed E-state index contributed by atoms with van der Waals surface area (Å²) in [4.78, 5) is 33.3. The van der Waals surface area contributed by atoms with Gasteiger partial charge in [0.15, 0.2) is 5.78 Å². The third-order valence-electron chi connectivity index (χ3n) is 4.87. The van der Waals surface area contributed by atoms with Crippen LogP contribution in [-0.2, 0) is 4.79 Å². The second-order valence-corrected chi connectivity index (χ2v) is 6.80. The minimum atomic E-state index is 0.0478. The summed E-state index contributed by atoms with van der Waals surface area (Å²) in [7, 11) is 0. The topological polar surface area (TPSA) is 53.5 Å². The number of piperazine rings is 1. The normalized spacial score (nSPS) is 14.4. The second-order valence-electron chi connectivity index (χ2n) is 6.80. The molecular weight excluding hydrogens is 326 g/mol. The Labute approximate surface area is 154 Å². The van der Waals surface area contributed by atoms with Crippen molar-refractivity contribution in [3.8, 4) is 0 Å². The molecule has 1 aromatic carbocycles. The molecule has 1 saturated heterocycles. The van der Waals surface area contributed by atoms with Crippen molar-refractivity contribution in [1.29, 1.82) is 0 Å². The summed E-state index contributed by atoms with van der Waals surface area (Å²) < 4.78 is 0. The lowest BCUT2D eigenvalue weighted by molar-refractivity contribution is -0.131. The van der Waals surface area contributed by atoms with E-state index in [1.165, 1.54) is 0 Å². The highest BCUT2D eigenvalue weighted by Crippen LogP contribution is 2.16. The summed E-state index contributed by atoms with van der Waals surface area (Å²) in [5, 5.41) is 0. The fraction of sp³-hybridized carbons (Fsp3) is 0.381. The van der Waals surface area contributed by atoms with Gasteiger partial charge in [-0.25, -0.2) is 4.98 Å². The number of hydrogen-bond acceptors (Lipinski definition) is 4. The molecule has 1 aliphatic rings. The van der Waals surface area contributed by atoms with Gasteiger partial charge in [-0.3, -0.25) is 9.59 Å². The van der Waals surface area contributed by atoms with Crippen LogP contribution in [0, 0.1) is 13.8 Å². The van der Waals surface area contributed by atoms with Crippen LogP contribution >= 0.6 is 0 Å². The molecule has 136 valence electrons. The van der Waals surface area contributed by atoms with E-state index in [0.29, 0.717) is 13.1 Å². The fourth-order valence-corrected chi connectivity index (χ4v) is 3.28. The van der Waals surface area contributed by atoms with E-state index in [1.54, 1.807) is 6.20 Å². The number of hydrogen-bond donors (Lipinski definition) is 0. The lowest BCUT2D eigenvalue weighted by atomic mass is 9.99. The number of anilines is 1. The van der Waals surface area contributed by atoms with Crippen LogP contribution in [0.25, 0.3) is 0 Å². The monoisotopic (exact) mass is 351 g/mol. The molecule has 26 heavy (non-hydrogen) atoms. The van der Waals surface area contributed by atoms with Gasteiger partial charge in [-0.2, -0.15) is 0 Å². The number of amides is 1. The number of Topliss-reactive ketones (excluding diaryl/α,β-unsaturated/α-hetero) is 1. The highest BCUT2D eigenvalue weighted by atomic mass is 16.2. The molecule has 1 aliphatic heterocycles. The maximum atomic E-state index is 12.5. The minimum absolute atomic E-state index is 0.0478. The summed E-state index contributed by atoms with van der Waals surface area (Å²) in [6.07, 6.45) is 2.32.